The average molecular weight is 1070 g/mol. The maximum absolute atomic E-state index is 12.8. The van der Waals surface area contributed by atoms with Gasteiger partial charge in [0.05, 0.1) is 13.2 Å². The van der Waals surface area contributed by atoms with Crippen LogP contribution in [0.15, 0.2) is 0 Å². The lowest BCUT2D eigenvalue weighted by Gasteiger charge is -2.45. The summed E-state index contributed by atoms with van der Waals surface area (Å²) in [5.41, 5.74) is 0. The first kappa shape index (κ1) is 65.2. The molecule has 0 amide bonds. The highest BCUT2D eigenvalue weighted by Crippen LogP contribution is 2.35. The summed E-state index contributed by atoms with van der Waals surface area (Å²) in [6.45, 7) is 22.1. The molecule has 0 aliphatic carbocycles. The van der Waals surface area contributed by atoms with E-state index in [0.29, 0.717) is 82.7 Å². The number of carbonyl (C=O) groups is 2. The SMILES string of the molecule is C[Si](C)(CCCO)O[Si](CCCCC(=O)OCCCOC(=O)CCCC[Si](O[Si](C)(C)CCCO)(O[Si](C)(C)CCCO)O[Si](C)(C)CCCO)(O[SiH2]CCCO)O[Si](C)(C)CCCO. The first-order chi connectivity index (χ1) is 30.4. The lowest BCUT2D eigenvalue weighted by Crippen LogP contribution is -2.62. The molecule has 0 heterocycles. The van der Waals surface area contributed by atoms with Crippen LogP contribution >= 0.6 is 0 Å². The van der Waals surface area contributed by atoms with Crippen LogP contribution in [0.25, 0.3) is 0 Å². The van der Waals surface area contributed by atoms with Gasteiger partial charge in [-0.05, 0) is 166 Å². The fraction of sp³-hybridized carbons (Fsp3) is 0.951. The molecule has 0 radical (unpaired) electrons. The van der Waals surface area contributed by atoms with Crippen molar-refractivity contribution in [2.24, 2.45) is 0 Å². The van der Waals surface area contributed by atoms with E-state index in [-0.39, 0.29) is 77.6 Å². The van der Waals surface area contributed by atoms with E-state index in [1.54, 1.807) is 0 Å². The molecule has 0 aromatic heterocycles. The van der Waals surface area contributed by atoms with Gasteiger partial charge < -0.3 is 64.8 Å². The molecule has 0 unspecified atom stereocenters. The molecule has 0 saturated heterocycles. The minimum absolute atomic E-state index is 0.0789. The largest absolute Gasteiger partial charge is 0.469 e. The Labute approximate surface area is 403 Å². The fourth-order valence-electron chi connectivity index (χ4n) is 7.59. The molecule has 0 bridgehead atoms. The van der Waals surface area contributed by atoms with E-state index in [2.05, 4.69) is 65.5 Å². The lowest BCUT2D eigenvalue weighted by molar-refractivity contribution is -0.146. The molecular weight excluding hydrogens is 973 g/mol. The van der Waals surface area contributed by atoms with Gasteiger partial charge in [-0.25, -0.2) is 0 Å². The van der Waals surface area contributed by atoms with Gasteiger partial charge in [-0.2, -0.15) is 0 Å². The zero-order valence-corrected chi connectivity index (χ0v) is 50.9. The second kappa shape index (κ2) is 34.5. The van der Waals surface area contributed by atoms with Crippen LogP contribution in [-0.2, 0) is 43.8 Å². The molecule has 0 atom stereocenters. The molecular formula is C41H96O16Si8. The third kappa shape index (κ3) is 33.4. The Morgan fingerprint density at radius 1 is 0.369 bits per heavy atom. The highest BCUT2D eigenvalue weighted by molar-refractivity contribution is 6.91. The summed E-state index contributed by atoms with van der Waals surface area (Å²) in [4.78, 5) is 25.6. The number of unbranched alkanes of at least 4 members (excludes halogenated alkanes) is 2. The van der Waals surface area contributed by atoms with Gasteiger partial charge in [0.25, 0.3) is 0 Å². The zero-order chi connectivity index (χ0) is 49.5. The van der Waals surface area contributed by atoms with Crippen LogP contribution in [0.3, 0.4) is 0 Å². The van der Waals surface area contributed by atoms with E-state index < -0.39 is 69.0 Å². The second-order valence-electron chi connectivity index (χ2n) is 20.3. The maximum atomic E-state index is 12.8. The molecule has 0 fully saturated rings. The van der Waals surface area contributed by atoms with Crippen molar-refractivity contribution in [1.82, 2.24) is 0 Å². The lowest BCUT2D eigenvalue weighted by atomic mass is 10.2. The van der Waals surface area contributed by atoms with Gasteiger partial charge in [-0.15, -0.1) is 0 Å². The number of aliphatic hydroxyl groups is 6. The molecule has 0 rings (SSSR count). The second-order valence-corrected chi connectivity index (χ2v) is 50.5. The predicted molar refractivity (Wildman–Crippen MR) is 277 cm³/mol. The van der Waals surface area contributed by atoms with Crippen molar-refractivity contribution >= 4 is 80.9 Å². The van der Waals surface area contributed by atoms with Crippen LogP contribution in [0.1, 0.15) is 83.5 Å². The Bertz CT molecular complexity index is 1180. The summed E-state index contributed by atoms with van der Waals surface area (Å²) < 4.78 is 52.8. The van der Waals surface area contributed by atoms with Gasteiger partial charge in [0.15, 0.2) is 51.4 Å². The molecule has 0 aliphatic rings. The number of carbonyl (C=O) groups excluding carboxylic acids is 2. The molecule has 6 N–H and O–H groups in total. The van der Waals surface area contributed by atoms with Crippen molar-refractivity contribution in [3.05, 3.63) is 0 Å². The van der Waals surface area contributed by atoms with Gasteiger partial charge in [-0.1, -0.05) is 0 Å². The molecule has 388 valence electrons. The molecule has 0 saturated carbocycles. The minimum atomic E-state index is -3.33. The summed E-state index contributed by atoms with van der Waals surface area (Å²) in [6.07, 6.45) is 7.02. The van der Waals surface area contributed by atoms with Gasteiger partial charge >= 0.3 is 29.5 Å². The zero-order valence-electron chi connectivity index (χ0n) is 42.5. The number of hydrogen-bond donors (Lipinski definition) is 6. The molecule has 24 heteroatoms. The molecule has 0 aromatic rings. The van der Waals surface area contributed by atoms with Gasteiger partial charge in [0.1, 0.15) is 0 Å². The summed E-state index contributed by atoms with van der Waals surface area (Å²) >= 11 is 0. The van der Waals surface area contributed by atoms with Crippen LogP contribution in [-0.4, -0.2) is 164 Å². The van der Waals surface area contributed by atoms with E-state index in [1.807, 2.05) is 0 Å². The normalized spacial score (nSPS) is 13.6. The van der Waals surface area contributed by atoms with Crippen molar-refractivity contribution in [2.45, 2.75) is 197 Å². The standard InChI is InChI=1S/C41H96O16Si8/c1-59(2,33-16-25-43)53-64(52-58-32-15-24-42,54-60(3,4)34-17-26-44)38-13-11-22-40(48)50-30-21-31-51-41(49)23-12-14-39-65(55-61(5,6)35-18-27-45,56-62(7,8)36-19-28-46)57-63(9,10)37-20-29-47/h42-47H,11-39,58H2,1-10H3. The smallest absolute Gasteiger partial charge is 0.466 e. The van der Waals surface area contributed by atoms with Crippen molar-refractivity contribution in [3.63, 3.8) is 0 Å². The Kier molecular flexibility index (Phi) is 34.6. The van der Waals surface area contributed by atoms with Crippen molar-refractivity contribution < 1.29 is 74.4 Å². The van der Waals surface area contributed by atoms with Crippen LogP contribution < -0.4 is 0 Å². The Hall–Kier alpha value is 0.195. The molecule has 0 aromatic carbocycles. The maximum Gasteiger partial charge on any atom is 0.469 e. The van der Waals surface area contributed by atoms with Crippen LogP contribution in [0, 0.1) is 0 Å². The van der Waals surface area contributed by atoms with Gasteiger partial charge in [0.2, 0.25) is 0 Å². The number of esters is 2. The topological polar surface area (TPSA) is 229 Å². The molecule has 0 spiro atoms. The first-order valence-corrected chi connectivity index (χ1v) is 45.5. The number of ether oxygens (including phenoxy) is 2. The fourth-order valence-corrected chi connectivity index (χ4v) is 41.5. The third-order valence-electron chi connectivity index (χ3n) is 10.8. The summed E-state index contributed by atoms with van der Waals surface area (Å²) in [6, 6.07) is 5.67. The van der Waals surface area contributed by atoms with E-state index in [0.717, 1.165) is 36.3 Å². The van der Waals surface area contributed by atoms with Crippen molar-refractivity contribution in [2.75, 3.05) is 52.9 Å². The first-order valence-electron chi connectivity index (χ1n) is 24.5. The minimum Gasteiger partial charge on any atom is -0.466 e. The number of aliphatic hydroxyl groups excluding tert-OH is 6. The molecule has 65 heavy (non-hydrogen) atoms. The van der Waals surface area contributed by atoms with E-state index in [9.17, 15) is 40.2 Å². The van der Waals surface area contributed by atoms with Crippen molar-refractivity contribution in [1.29, 1.82) is 0 Å². The van der Waals surface area contributed by atoms with Crippen LogP contribution in [0.4, 0.5) is 0 Å². The summed E-state index contributed by atoms with van der Waals surface area (Å²) in [5, 5.41) is 57.3. The monoisotopic (exact) mass is 1070 g/mol. The van der Waals surface area contributed by atoms with Gasteiger partial charge in [0, 0.05) is 71.0 Å². The quantitative estimate of drug-likeness (QED) is 0.0215. The highest BCUT2D eigenvalue weighted by Gasteiger charge is 2.52. The predicted octanol–water partition coefficient (Wildman–Crippen LogP) is 6.60. The van der Waals surface area contributed by atoms with Gasteiger partial charge in [-0.3, -0.25) is 9.59 Å². The third-order valence-corrected chi connectivity index (χ3v) is 41.1. The molecule has 0 aliphatic heterocycles. The van der Waals surface area contributed by atoms with E-state index in [4.69, 9.17) is 34.2 Å². The Morgan fingerprint density at radius 3 is 0.969 bits per heavy atom. The van der Waals surface area contributed by atoms with Crippen LogP contribution in [0.2, 0.25) is 114 Å². The van der Waals surface area contributed by atoms with Crippen molar-refractivity contribution in [3.8, 4) is 0 Å². The highest BCUT2D eigenvalue weighted by atomic mass is 28.5. The summed E-state index contributed by atoms with van der Waals surface area (Å²) in [7, 11) is -19.2. The average Bonchev–Trinajstić information content (AvgIpc) is 3.21. The number of rotatable bonds is 44. The number of hydrogen-bond acceptors (Lipinski definition) is 16. The molecule has 16 nitrogen and oxygen atoms in total. The van der Waals surface area contributed by atoms with Crippen LogP contribution in [0.5, 0.6) is 0 Å². The Morgan fingerprint density at radius 2 is 0.662 bits per heavy atom. The van der Waals surface area contributed by atoms with E-state index >= 15 is 0 Å². The summed E-state index contributed by atoms with van der Waals surface area (Å²) in [5.74, 6) is -0.658. The Balaban J connectivity index is 5.42. The van der Waals surface area contributed by atoms with E-state index in [1.165, 1.54) is 0 Å².